The van der Waals surface area contributed by atoms with Crippen molar-refractivity contribution in [1.29, 1.82) is 0 Å². The van der Waals surface area contributed by atoms with E-state index in [2.05, 4.69) is 30.8 Å². The van der Waals surface area contributed by atoms with Crippen LogP contribution in [0.1, 0.15) is 40.9 Å². The Bertz CT molecular complexity index is 3830. The van der Waals surface area contributed by atoms with Crippen molar-refractivity contribution in [2.75, 3.05) is 19.5 Å². The Labute approximate surface area is 481 Å². The van der Waals surface area contributed by atoms with E-state index in [0.29, 0.717) is 62.0 Å². The second-order valence-electron chi connectivity index (χ2n) is 15.8. The van der Waals surface area contributed by atoms with Crippen LogP contribution >= 0.6 is 23.2 Å². The van der Waals surface area contributed by atoms with Crippen molar-refractivity contribution in [2.45, 2.75) is 36.5 Å². The second kappa shape index (κ2) is 25.0. The average molecular weight is 1220 g/mol. The minimum Gasteiger partial charge on any atom is -0.871 e. The molecule has 75 heavy (non-hydrogen) atoms. The number of anilines is 1. The minimum absolute atomic E-state index is 0. The van der Waals surface area contributed by atoms with Gasteiger partial charge in [0.25, 0.3) is 26.1 Å². The van der Waals surface area contributed by atoms with Gasteiger partial charge in [-0.2, -0.15) is 32.2 Å². The Morgan fingerprint density at radius 2 is 1.11 bits per heavy atom. The summed E-state index contributed by atoms with van der Waals surface area (Å²) in [5.41, 5.74) is 1.66. The van der Waals surface area contributed by atoms with Gasteiger partial charge in [0.05, 0.1) is 52.6 Å². The topological polar surface area (TPSA) is 284 Å². The van der Waals surface area contributed by atoms with Crippen molar-refractivity contribution in [3.05, 3.63) is 166 Å². The third-order valence-electron chi connectivity index (χ3n) is 11.2. The van der Waals surface area contributed by atoms with E-state index in [4.69, 9.17) is 32.7 Å². The molecule has 8 aromatic carbocycles. The zero-order valence-corrected chi connectivity index (χ0v) is 47.7. The number of rotatable bonds is 14. The maximum absolute atomic E-state index is 13.4. The smallest absolute Gasteiger partial charge is 0.871 e. The summed E-state index contributed by atoms with van der Waals surface area (Å²) < 4.78 is 75.6. The summed E-state index contributed by atoms with van der Waals surface area (Å²) in [5.74, 6) is -1.31. The van der Waals surface area contributed by atoms with Crippen LogP contribution in [0.15, 0.2) is 169 Å². The molecule has 0 aliphatic rings. The number of nitrogens with one attached hydrogen (secondary N) is 1. The molecule has 0 bridgehead atoms. The molecular formula is C52H42BaCl2N6O12S2. The van der Waals surface area contributed by atoms with Crippen LogP contribution in [0.5, 0.6) is 23.0 Å². The van der Waals surface area contributed by atoms with E-state index in [9.17, 15) is 46.1 Å². The van der Waals surface area contributed by atoms with Gasteiger partial charge in [0.2, 0.25) is 0 Å². The number of phenols is 1. The SMILES string of the molecule is CCc1c(N=Nc2c(O)c(C(=O)Nc3cccc(OC)c3)cc3ccccc23)ccc(S(=O)(=O)O)c1Cl.CCc1c(N=Nc2c([O-])c(C([O-])=Nc3cccc(OC)c3)cc3ccccc23)ccc(S(=O)(=O)O)c1Cl.[Ba+2]. The number of aliphatic imine (C=N–C) groups is 1. The summed E-state index contributed by atoms with van der Waals surface area (Å²) in [7, 11) is -6.06. The number of ether oxygens (including phenoxy) is 2. The number of halogens is 2. The molecule has 0 saturated heterocycles. The number of carbonyl (C=O) groups is 1. The normalized spacial score (nSPS) is 11.9. The number of hydrogen-bond donors (Lipinski definition) is 4. The molecule has 0 atom stereocenters. The summed E-state index contributed by atoms with van der Waals surface area (Å²) in [6.07, 6.45) is 0.575. The third-order valence-corrected chi connectivity index (χ3v) is 14.1. The number of benzene rings is 8. The van der Waals surface area contributed by atoms with E-state index in [-0.39, 0.29) is 105 Å². The second-order valence-corrected chi connectivity index (χ2v) is 19.3. The molecule has 1 amide bonds. The van der Waals surface area contributed by atoms with Crippen LogP contribution in [0.25, 0.3) is 21.5 Å². The van der Waals surface area contributed by atoms with Gasteiger partial charge in [-0.1, -0.05) is 103 Å². The molecule has 0 saturated carbocycles. The van der Waals surface area contributed by atoms with E-state index in [0.717, 1.165) is 12.1 Å². The zero-order valence-electron chi connectivity index (χ0n) is 40.1. The van der Waals surface area contributed by atoms with Crippen molar-refractivity contribution in [3.8, 4) is 23.0 Å². The molecule has 0 aliphatic heterocycles. The van der Waals surface area contributed by atoms with Gasteiger partial charge in [-0.15, -0.1) is 5.11 Å². The third kappa shape index (κ3) is 13.3. The molecule has 8 rings (SSSR count). The Morgan fingerprint density at radius 1 is 0.627 bits per heavy atom. The van der Waals surface area contributed by atoms with Gasteiger partial charge in [0.1, 0.15) is 27.0 Å². The number of nitrogens with zero attached hydrogens (tertiary/aromatic N) is 5. The number of aromatic hydroxyl groups is 1. The Hall–Kier alpha value is -6.41. The molecule has 0 unspecified atom stereocenters. The first kappa shape index (κ1) is 57.9. The van der Waals surface area contributed by atoms with Crippen LogP contribution < -0.4 is 25.0 Å². The van der Waals surface area contributed by atoms with Crippen LogP contribution in [-0.4, -0.2) is 106 Å². The molecule has 380 valence electrons. The van der Waals surface area contributed by atoms with Gasteiger partial charge in [-0.3, -0.25) is 18.9 Å². The Balaban J connectivity index is 0.000000241. The number of carbonyl (C=O) groups excluding carboxylic acids is 1. The van der Waals surface area contributed by atoms with Crippen molar-refractivity contribution >= 4 is 160 Å². The summed E-state index contributed by atoms with van der Waals surface area (Å²) in [4.78, 5) is 16.3. The largest absolute Gasteiger partial charge is 2.00 e. The zero-order chi connectivity index (χ0) is 53.5. The average Bonchev–Trinajstić information content (AvgIpc) is 3.37. The molecule has 0 radical (unpaired) electrons. The van der Waals surface area contributed by atoms with E-state index >= 15 is 0 Å². The summed E-state index contributed by atoms with van der Waals surface area (Å²) in [6, 6.07) is 35.2. The fourth-order valence-electron chi connectivity index (χ4n) is 7.56. The number of phenolic OH excluding ortho intramolecular Hbond substituents is 1. The van der Waals surface area contributed by atoms with Gasteiger partial charge in [0.15, 0.2) is 5.75 Å². The molecule has 0 fully saturated rings. The van der Waals surface area contributed by atoms with E-state index in [1.165, 1.54) is 32.4 Å². The van der Waals surface area contributed by atoms with Gasteiger partial charge >= 0.3 is 48.9 Å². The molecule has 23 heteroatoms. The van der Waals surface area contributed by atoms with Crippen LogP contribution in [0, 0.1) is 0 Å². The molecular weight excluding hydrogens is 1170 g/mol. The van der Waals surface area contributed by atoms with E-state index in [1.54, 1.807) is 117 Å². The number of azo groups is 2. The van der Waals surface area contributed by atoms with Crippen LogP contribution in [0.2, 0.25) is 10.0 Å². The first-order chi connectivity index (χ1) is 35.3. The standard InChI is InChI=1S/2C26H22ClN3O6S.Ba/c2*1-3-18-21(11-12-22(23(18)27)37(33,34)35)29-30-24-19-10-5-4-7-15(19)13-20(25(24)31)26(32)28-16-8-6-9-17(14-16)36-2;/h2*4-14,31H,3H2,1-2H3,(H,28,32)(H,33,34,35);/q;;+2/p-2. The first-order valence-electron chi connectivity index (χ1n) is 22.0. The number of methoxy groups -OCH3 is 2. The van der Waals surface area contributed by atoms with Crippen molar-refractivity contribution < 1.29 is 55.5 Å². The maximum atomic E-state index is 13.4. The van der Waals surface area contributed by atoms with E-state index in [1.807, 2.05) is 0 Å². The number of fused-ring (bicyclic) bond motifs is 2. The number of amides is 1. The predicted molar refractivity (Wildman–Crippen MR) is 285 cm³/mol. The molecule has 8 aromatic rings. The van der Waals surface area contributed by atoms with E-state index < -0.39 is 47.6 Å². The Morgan fingerprint density at radius 3 is 1.63 bits per heavy atom. The predicted octanol–water partition coefficient (Wildman–Crippen LogP) is 11.5. The van der Waals surface area contributed by atoms with Crippen LogP contribution in [0.4, 0.5) is 34.1 Å². The van der Waals surface area contributed by atoms with Gasteiger partial charge < -0.3 is 30.1 Å². The first-order valence-corrected chi connectivity index (χ1v) is 25.7. The minimum atomic E-state index is -4.54. The fraction of sp³-hybridized carbons (Fsp3) is 0.115. The van der Waals surface area contributed by atoms with Crippen LogP contribution in [0.3, 0.4) is 0 Å². The monoisotopic (exact) mass is 1210 g/mol. The Kier molecular flexibility index (Phi) is 19.3. The van der Waals surface area contributed by atoms with Crippen molar-refractivity contribution in [1.82, 2.24) is 0 Å². The maximum Gasteiger partial charge on any atom is 2.00 e. The molecule has 0 spiro atoms. The molecule has 0 heterocycles. The quantitative estimate of drug-likeness (QED) is 0.0260. The summed E-state index contributed by atoms with van der Waals surface area (Å²) >= 11 is 12.4. The fourth-order valence-corrected chi connectivity index (χ4v) is 9.91. The van der Waals surface area contributed by atoms with Gasteiger partial charge in [-0.25, -0.2) is 0 Å². The van der Waals surface area contributed by atoms with Crippen molar-refractivity contribution in [3.63, 3.8) is 0 Å². The van der Waals surface area contributed by atoms with Crippen molar-refractivity contribution in [2.24, 2.45) is 25.4 Å². The van der Waals surface area contributed by atoms with Gasteiger partial charge in [0, 0.05) is 28.6 Å². The van der Waals surface area contributed by atoms with Gasteiger partial charge in [-0.05, 0) is 107 Å². The molecule has 0 aliphatic carbocycles. The summed E-state index contributed by atoms with van der Waals surface area (Å²) in [5, 5.41) is 58.8. The number of hydrogen-bond acceptors (Lipinski definition) is 15. The molecule has 4 N–H and O–H groups in total. The molecule has 18 nitrogen and oxygen atoms in total. The van der Waals surface area contributed by atoms with Crippen LogP contribution in [-0.2, 0) is 33.1 Å². The summed E-state index contributed by atoms with van der Waals surface area (Å²) in [6.45, 7) is 3.46. The molecule has 0 aromatic heterocycles.